The van der Waals surface area contributed by atoms with Gasteiger partial charge in [-0.3, -0.25) is 5.10 Å². The number of nitrogens with one attached hydrogen (secondary N) is 1. The van der Waals surface area contributed by atoms with Gasteiger partial charge in [0.2, 0.25) is 0 Å². The predicted molar refractivity (Wildman–Crippen MR) is 87.9 cm³/mol. The van der Waals surface area contributed by atoms with Gasteiger partial charge in [0.1, 0.15) is 11.5 Å². The summed E-state index contributed by atoms with van der Waals surface area (Å²) in [5, 5.41) is 12.4. The van der Waals surface area contributed by atoms with Crippen LogP contribution in [0.15, 0.2) is 48.8 Å². The molecule has 0 amide bonds. The number of nitrogens with zero attached hydrogens (tertiary/aromatic N) is 4. The molecular weight excluding hydrogens is 305 g/mol. The molecular formula is C18H14FN5. The average Bonchev–Trinajstić information content (AvgIpc) is 3.18. The van der Waals surface area contributed by atoms with Gasteiger partial charge in [-0.1, -0.05) is 0 Å². The van der Waals surface area contributed by atoms with Crippen LogP contribution in [0.25, 0.3) is 28.2 Å². The summed E-state index contributed by atoms with van der Waals surface area (Å²) in [5.74, 6) is 0.248. The number of benzene rings is 1. The Bertz CT molecular complexity index is 1030. The number of hydrogen-bond donors (Lipinski definition) is 1. The largest absolute Gasteiger partial charge is 0.281 e. The van der Waals surface area contributed by atoms with Crippen LogP contribution in [0.4, 0.5) is 4.39 Å². The first-order chi connectivity index (χ1) is 11.8. The topological polar surface area (TPSA) is 58.9 Å². The van der Waals surface area contributed by atoms with Crippen molar-refractivity contribution >= 4 is 5.65 Å². The van der Waals surface area contributed by atoms with Gasteiger partial charge in [-0.2, -0.15) is 10.2 Å². The molecule has 5 nitrogen and oxygen atoms in total. The quantitative estimate of drug-likeness (QED) is 0.625. The number of halogens is 1. The van der Waals surface area contributed by atoms with Gasteiger partial charge in [-0.05, 0) is 49.2 Å². The average molecular weight is 319 g/mol. The molecule has 1 saturated carbocycles. The third kappa shape index (κ3) is 2.11. The van der Waals surface area contributed by atoms with Crippen LogP contribution in [-0.4, -0.2) is 24.8 Å². The molecule has 1 aliphatic rings. The minimum absolute atomic E-state index is 0.254. The van der Waals surface area contributed by atoms with E-state index in [1.807, 2.05) is 18.3 Å². The maximum absolute atomic E-state index is 13.3. The summed E-state index contributed by atoms with van der Waals surface area (Å²) in [6.45, 7) is 0. The molecule has 0 saturated heterocycles. The zero-order chi connectivity index (χ0) is 16.1. The molecule has 0 aliphatic heterocycles. The van der Waals surface area contributed by atoms with E-state index in [0.29, 0.717) is 5.92 Å². The van der Waals surface area contributed by atoms with Crippen LogP contribution in [0.1, 0.15) is 24.5 Å². The highest BCUT2D eigenvalue weighted by atomic mass is 19.1. The van der Waals surface area contributed by atoms with E-state index in [4.69, 9.17) is 0 Å². The lowest BCUT2D eigenvalue weighted by Gasteiger charge is -2.06. The van der Waals surface area contributed by atoms with Crippen LogP contribution in [0.2, 0.25) is 0 Å². The third-order valence-corrected chi connectivity index (χ3v) is 4.41. The zero-order valence-corrected chi connectivity index (χ0v) is 12.8. The van der Waals surface area contributed by atoms with Gasteiger partial charge in [-0.25, -0.2) is 13.9 Å². The van der Waals surface area contributed by atoms with Gasteiger partial charge in [0, 0.05) is 29.6 Å². The Kier molecular flexibility index (Phi) is 2.79. The van der Waals surface area contributed by atoms with Crippen LogP contribution >= 0.6 is 0 Å². The normalized spacial score (nSPS) is 14.4. The molecule has 0 bridgehead atoms. The van der Waals surface area contributed by atoms with Crippen molar-refractivity contribution in [2.24, 2.45) is 0 Å². The number of imidazole rings is 1. The highest BCUT2D eigenvalue weighted by molar-refractivity contribution is 5.81. The lowest BCUT2D eigenvalue weighted by atomic mass is 10.0. The fourth-order valence-electron chi connectivity index (χ4n) is 3.05. The molecule has 0 atom stereocenters. The zero-order valence-electron chi connectivity index (χ0n) is 12.8. The summed E-state index contributed by atoms with van der Waals surface area (Å²) in [4.78, 5) is 4.24. The summed E-state index contributed by atoms with van der Waals surface area (Å²) in [6, 6.07) is 10.3. The molecule has 24 heavy (non-hydrogen) atoms. The minimum Gasteiger partial charge on any atom is -0.281 e. The Hall–Kier alpha value is -3.02. The van der Waals surface area contributed by atoms with Crippen molar-refractivity contribution in [3.05, 3.63) is 60.3 Å². The number of rotatable bonds is 3. The Morgan fingerprint density at radius 3 is 2.71 bits per heavy atom. The molecule has 0 spiro atoms. The highest BCUT2D eigenvalue weighted by Gasteiger charge is 2.31. The SMILES string of the molecule is Fc1ccc(-c2n[nH]c(C3CC3)c2-c2ccc3nccn3n2)cc1. The summed E-state index contributed by atoms with van der Waals surface area (Å²) < 4.78 is 15.0. The fourth-order valence-corrected chi connectivity index (χ4v) is 3.05. The Morgan fingerprint density at radius 2 is 1.92 bits per heavy atom. The maximum atomic E-state index is 13.3. The van der Waals surface area contributed by atoms with Crippen molar-refractivity contribution in [3.63, 3.8) is 0 Å². The van der Waals surface area contributed by atoms with Crippen LogP contribution in [0.3, 0.4) is 0 Å². The predicted octanol–water partition coefficient (Wildman–Crippen LogP) is 3.80. The van der Waals surface area contributed by atoms with Gasteiger partial charge < -0.3 is 0 Å². The van der Waals surface area contributed by atoms with Crippen molar-refractivity contribution in [1.82, 2.24) is 24.8 Å². The van der Waals surface area contributed by atoms with E-state index < -0.39 is 0 Å². The molecule has 1 aromatic carbocycles. The molecule has 5 rings (SSSR count). The molecule has 3 heterocycles. The summed E-state index contributed by atoms with van der Waals surface area (Å²) in [7, 11) is 0. The van der Waals surface area contributed by atoms with Crippen molar-refractivity contribution in [1.29, 1.82) is 0 Å². The van der Waals surface area contributed by atoms with Gasteiger partial charge in [0.15, 0.2) is 5.65 Å². The number of aromatic nitrogens is 5. The lowest BCUT2D eigenvalue weighted by Crippen LogP contribution is -1.96. The molecule has 3 aromatic heterocycles. The Balaban J connectivity index is 1.72. The third-order valence-electron chi connectivity index (χ3n) is 4.41. The Morgan fingerprint density at radius 1 is 1.08 bits per heavy atom. The molecule has 6 heteroatoms. The molecule has 1 N–H and O–H groups in total. The first-order valence-electron chi connectivity index (χ1n) is 7.94. The molecule has 4 aromatic rings. The van der Waals surface area contributed by atoms with Crippen molar-refractivity contribution < 1.29 is 4.39 Å². The van der Waals surface area contributed by atoms with E-state index in [1.54, 1.807) is 22.8 Å². The number of hydrogen-bond acceptors (Lipinski definition) is 3. The van der Waals surface area contributed by atoms with Gasteiger partial charge in [0.25, 0.3) is 0 Å². The van der Waals surface area contributed by atoms with Crippen molar-refractivity contribution in [2.75, 3.05) is 0 Å². The van der Waals surface area contributed by atoms with E-state index >= 15 is 0 Å². The molecule has 0 radical (unpaired) electrons. The highest BCUT2D eigenvalue weighted by Crippen LogP contribution is 2.45. The van der Waals surface area contributed by atoms with Gasteiger partial charge in [-0.15, -0.1) is 0 Å². The molecule has 118 valence electrons. The van der Waals surface area contributed by atoms with Crippen LogP contribution < -0.4 is 0 Å². The summed E-state index contributed by atoms with van der Waals surface area (Å²) >= 11 is 0. The molecule has 0 unspecified atom stereocenters. The first-order valence-corrected chi connectivity index (χ1v) is 7.94. The smallest absolute Gasteiger partial charge is 0.153 e. The molecule has 1 aliphatic carbocycles. The van der Waals surface area contributed by atoms with Crippen molar-refractivity contribution in [3.8, 4) is 22.5 Å². The Labute approximate surface area is 137 Å². The summed E-state index contributed by atoms with van der Waals surface area (Å²) in [5.41, 5.74) is 5.45. The lowest BCUT2D eigenvalue weighted by molar-refractivity contribution is 0.628. The fraction of sp³-hybridized carbons (Fsp3) is 0.167. The van der Waals surface area contributed by atoms with E-state index in [0.717, 1.165) is 46.7 Å². The second-order valence-corrected chi connectivity index (χ2v) is 6.09. The van der Waals surface area contributed by atoms with Crippen LogP contribution in [0, 0.1) is 5.82 Å². The summed E-state index contributed by atoms with van der Waals surface area (Å²) in [6.07, 6.45) is 5.87. The van der Waals surface area contributed by atoms with E-state index in [9.17, 15) is 4.39 Å². The molecule has 1 fully saturated rings. The number of aromatic amines is 1. The van der Waals surface area contributed by atoms with E-state index in [1.165, 1.54) is 12.1 Å². The van der Waals surface area contributed by atoms with Gasteiger partial charge >= 0.3 is 0 Å². The number of fused-ring (bicyclic) bond motifs is 1. The van der Waals surface area contributed by atoms with Crippen molar-refractivity contribution in [2.45, 2.75) is 18.8 Å². The van der Waals surface area contributed by atoms with Crippen LogP contribution in [0.5, 0.6) is 0 Å². The van der Waals surface area contributed by atoms with Gasteiger partial charge in [0.05, 0.1) is 11.3 Å². The second-order valence-electron chi connectivity index (χ2n) is 6.09. The maximum Gasteiger partial charge on any atom is 0.153 e. The monoisotopic (exact) mass is 319 g/mol. The van der Waals surface area contributed by atoms with E-state index in [2.05, 4.69) is 20.3 Å². The first kappa shape index (κ1) is 13.4. The second kappa shape index (κ2) is 4.99. The van der Waals surface area contributed by atoms with Crippen LogP contribution in [-0.2, 0) is 0 Å². The van der Waals surface area contributed by atoms with E-state index in [-0.39, 0.29) is 5.82 Å². The minimum atomic E-state index is -0.254. The number of H-pyrrole nitrogens is 1. The standard InChI is InChI=1S/C18H14FN5/c19-13-5-3-12(4-6-13)18-16(17(21-22-18)11-1-2-11)14-7-8-15-20-9-10-24(15)23-14/h3-11H,1-2H2,(H,21,22).